The van der Waals surface area contributed by atoms with Crippen LogP contribution in [0.15, 0.2) is 54.9 Å². The minimum atomic E-state index is 0.482. The molecule has 0 spiro atoms. The number of rotatable bonds is 3. The van der Waals surface area contributed by atoms with Gasteiger partial charge in [0.1, 0.15) is 22.9 Å². The van der Waals surface area contributed by atoms with Gasteiger partial charge in [0.05, 0.1) is 14.8 Å². The SMILES string of the molecule is Clc1ccc2nc(-c3ccc(C#Cc4ccccn4)s3)c(NC3CCCC3)n2c1. The van der Waals surface area contributed by atoms with Crippen LogP contribution in [0.3, 0.4) is 0 Å². The van der Waals surface area contributed by atoms with Crippen molar-refractivity contribution >= 4 is 34.4 Å². The molecule has 0 radical (unpaired) electrons. The molecule has 0 aromatic carbocycles. The molecule has 5 rings (SSSR count). The van der Waals surface area contributed by atoms with Crippen molar-refractivity contribution in [2.45, 2.75) is 31.7 Å². The number of imidazole rings is 1. The Morgan fingerprint density at radius 3 is 2.79 bits per heavy atom. The van der Waals surface area contributed by atoms with Gasteiger partial charge in [-0.1, -0.05) is 30.5 Å². The average Bonchev–Trinajstić information content (AvgIpc) is 3.48. The Hall–Kier alpha value is -2.81. The Labute approximate surface area is 178 Å². The van der Waals surface area contributed by atoms with Crippen molar-refractivity contribution in [3.8, 4) is 22.4 Å². The van der Waals surface area contributed by atoms with E-state index >= 15 is 0 Å². The molecule has 1 saturated carbocycles. The van der Waals surface area contributed by atoms with Crippen molar-refractivity contribution in [1.82, 2.24) is 14.4 Å². The Bertz CT molecular complexity index is 1210. The van der Waals surface area contributed by atoms with Crippen LogP contribution >= 0.6 is 22.9 Å². The highest BCUT2D eigenvalue weighted by Gasteiger charge is 2.21. The Kier molecular flexibility index (Phi) is 4.97. The molecule has 0 aliphatic heterocycles. The van der Waals surface area contributed by atoms with Gasteiger partial charge in [-0.05, 0) is 61.1 Å². The molecule has 1 fully saturated rings. The molecular formula is C23H19ClN4S. The third kappa shape index (κ3) is 3.87. The van der Waals surface area contributed by atoms with Gasteiger partial charge in [0.25, 0.3) is 0 Å². The number of pyridine rings is 2. The summed E-state index contributed by atoms with van der Waals surface area (Å²) in [6.45, 7) is 0. The topological polar surface area (TPSA) is 42.2 Å². The van der Waals surface area contributed by atoms with Gasteiger partial charge in [0, 0.05) is 18.4 Å². The molecule has 4 aromatic rings. The molecule has 1 N–H and O–H groups in total. The van der Waals surface area contributed by atoms with E-state index < -0.39 is 0 Å². The number of fused-ring (bicyclic) bond motifs is 1. The molecule has 4 aromatic heterocycles. The van der Waals surface area contributed by atoms with Crippen molar-refractivity contribution in [3.05, 3.63) is 70.5 Å². The van der Waals surface area contributed by atoms with Crippen LogP contribution < -0.4 is 5.32 Å². The highest BCUT2D eigenvalue weighted by molar-refractivity contribution is 7.16. The first-order valence-electron chi connectivity index (χ1n) is 9.74. The summed E-state index contributed by atoms with van der Waals surface area (Å²) in [6, 6.07) is 14.2. The van der Waals surface area contributed by atoms with Gasteiger partial charge in [0.15, 0.2) is 0 Å². The molecule has 4 heterocycles. The molecular weight excluding hydrogens is 400 g/mol. The van der Waals surface area contributed by atoms with Crippen LogP contribution in [0.2, 0.25) is 5.02 Å². The first-order valence-corrected chi connectivity index (χ1v) is 10.9. The molecule has 29 heavy (non-hydrogen) atoms. The van der Waals surface area contributed by atoms with E-state index in [1.165, 1.54) is 25.7 Å². The highest BCUT2D eigenvalue weighted by atomic mass is 35.5. The maximum atomic E-state index is 6.27. The average molecular weight is 419 g/mol. The summed E-state index contributed by atoms with van der Waals surface area (Å²) in [7, 11) is 0. The molecule has 144 valence electrons. The van der Waals surface area contributed by atoms with Gasteiger partial charge in [-0.2, -0.15) is 0 Å². The lowest BCUT2D eigenvalue weighted by atomic mass is 10.2. The van der Waals surface area contributed by atoms with E-state index in [9.17, 15) is 0 Å². The Balaban J connectivity index is 1.53. The van der Waals surface area contributed by atoms with Crippen molar-refractivity contribution in [3.63, 3.8) is 0 Å². The van der Waals surface area contributed by atoms with Crippen LogP contribution in [0.1, 0.15) is 36.3 Å². The summed E-state index contributed by atoms with van der Waals surface area (Å²) in [6.07, 6.45) is 8.62. The predicted molar refractivity (Wildman–Crippen MR) is 120 cm³/mol. The molecule has 4 nitrogen and oxygen atoms in total. The molecule has 1 aliphatic rings. The zero-order valence-corrected chi connectivity index (χ0v) is 17.3. The van der Waals surface area contributed by atoms with Crippen LogP contribution in [-0.4, -0.2) is 20.4 Å². The molecule has 0 unspecified atom stereocenters. The van der Waals surface area contributed by atoms with E-state index in [4.69, 9.17) is 16.6 Å². The van der Waals surface area contributed by atoms with Crippen molar-refractivity contribution in [2.24, 2.45) is 0 Å². The summed E-state index contributed by atoms with van der Waals surface area (Å²) in [5.41, 5.74) is 2.61. The Morgan fingerprint density at radius 1 is 1.07 bits per heavy atom. The lowest BCUT2D eigenvalue weighted by molar-refractivity contribution is 0.749. The quantitative estimate of drug-likeness (QED) is 0.423. The van der Waals surface area contributed by atoms with Gasteiger partial charge in [0.2, 0.25) is 0 Å². The fourth-order valence-electron chi connectivity index (χ4n) is 3.69. The molecule has 0 atom stereocenters. The maximum Gasteiger partial charge on any atom is 0.139 e. The second-order valence-corrected chi connectivity index (χ2v) is 8.66. The third-order valence-electron chi connectivity index (χ3n) is 5.10. The fraction of sp³-hybridized carbons (Fsp3) is 0.217. The van der Waals surface area contributed by atoms with Crippen molar-refractivity contribution in [1.29, 1.82) is 0 Å². The molecule has 1 aliphatic carbocycles. The second-order valence-electron chi connectivity index (χ2n) is 7.14. The van der Waals surface area contributed by atoms with Gasteiger partial charge in [-0.25, -0.2) is 9.97 Å². The molecule has 0 bridgehead atoms. The standard InChI is InChI=1S/C23H19ClN4S/c24-16-8-13-21-27-22(23(28(21)15-16)26-18-6-1-2-7-18)20-12-11-19(29-20)10-9-17-5-3-4-14-25-17/h3-5,8,11-15,18,26H,1-2,6-7H2. The summed E-state index contributed by atoms with van der Waals surface area (Å²) < 4.78 is 2.06. The number of halogens is 1. The van der Waals surface area contributed by atoms with E-state index in [1.807, 2.05) is 42.6 Å². The van der Waals surface area contributed by atoms with Crippen molar-refractivity contribution in [2.75, 3.05) is 5.32 Å². The number of hydrogen-bond donors (Lipinski definition) is 1. The van der Waals surface area contributed by atoms with Gasteiger partial charge >= 0.3 is 0 Å². The number of thiophene rings is 1. The molecule has 6 heteroatoms. The zero-order chi connectivity index (χ0) is 19.6. The first-order chi connectivity index (χ1) is 14.3. The Morgan fingerprint density at radius 2 is 1.97 bits per heavy atom. The number of anilines is 1. The van der Waals surface area contributed by atoms with E-state index in [2.05, 4.69) is 32.6 Å². The minimum Gasteiger partial charge on any atom is -0.367 e. The van der Waals surface area contributed by atoms with Crippen LogP contribution in [0.5, 0.6) is 0 Å². The first kappa shape index (κ1) is 18.2. The lowest BCUT2D eigenvalue weighted by Gasteiger charge is -2.14. The second kappa shape index (κ2) is 7.90. The van der Waals surface area contributed by atoms with Gasteiger partial charge < -0.3 is 5.32 Å². The van der Waals surface area contributed by atoms with Gasteiger partial charge in [-0.15, -0.1) is 11.3 Å². The third-order valence-corrected chi connectivity index (χ3v) is 6.33. The van der Waals surface area contributed by atoms with Gasteiger partial charge in [-0.3, -0.25) is 4.40 Å². The monoisotopic (exact) mass is 418 g/mol. The normalized spacial score (nSPS) is 14.1. The maximum absolute atomic E-state index is 6.27. The lowest BCUT2D eigenvalue weighted by Crippen LogP contribution is -2.16. The predicted octanol–water partition coefficient (Wildman–Crippen LogP) is 5.87. The highest BCUT2D eigenvalue weighted by Crippen LogP contribution is 2.36. The van der Waals surface area contributed by atoms with Crippen LogP contribution in [0.4, 0.5) is 5.82 Å². The van der Waals surface area contributed by atoms with E-state index in [0.717, 1.165) is 32.6 Å². The summed E-state index contributed by atoms with van der Waals surface area (Å²) in [4.78, 5) is 11.2. The van der Waals surface area contributed by atoms with E-state index in [-0.39, 0.29) is 0 Å². The number of nitrogens with zero attached hydrogens (tertiary/aromatic N) is 3. The summed E-state index contributed by atoms with van der Waals surface area (Å²) in [5.74, 6) is 7.35. The van der Waals surface area contributed by atoms with E-state index in [1.54, 1.807) is 17.5 Å². The summed E-state index contributed by atoms with van der Waals surface area (Å²) in [5, 5.41) is 4.43. The zero-order valence-electron chi connectivity index (χ0n) is 15.7. The number of aromatic nitrogens is 3. The molecule has 0 saturated heterocycles. The smallest absolute Gasteiger partial charge is 0.139 e. The minimum absolute atomic E-state index is 0.482. The van der Waals surface area contributed by atoms with E-state index in [0.29, 0.717) is 11.1 Å². The van der Waals surface area contributed by atoms with Crippen LogP contribution in [0.25, 0.3) is 16.2 Å². The number of nitrogens with one attached hydrogen (secondary N) is 1. The largest absolute Gasteiger partial charge is 0.367 e. The number of hydrogen-bond acceptors (Lipinski definition) is 4. The fourth-order valence-corrected chi connectivity index (χ4v) is 4.70. The van der Waals surface area contributed by atoms with Crippen molar-refractivity contribution < 1.29 is 0 Å². The molecule has 0 amide bonds. The van der Waals surface area contributed by atoms with Crippen LogP contribution in [-0.2, 0) is 0 Å². The summed E-state index contributed by atoms with van der Waals surface area (Å²) >= 11 is 7.91. The van der Waals surface area contributed by atoms with Crippen LogP contribution in [0, 0.1) is 11.8 Å².